The first kappa shape index (κ1) is 13.4. The van der Waals surface area contributed by atoms with Gasteiger partial charge in [-0.3, -0.25) is 4.98 Å². The number of aromatic nitrogens is 1. The van der Waals surface area contributed by atoms with Crippen LogP contribution in [-0.4, -0.2) is 11.3 Å². The molecule has 0 aliphatic heterocycles. The van der Waals surface area contributed by atoms with Gasteiger partial charge < -0.3 is 4.74 Å². The maximum absolute atomic E-state index is 12.4. The van der Waals surface area contributed by atoms with Crippen molar-refractivity contribution in [1.29, 1.82) is 0 Å². The molecule has 0 spiro atoms. The van der Waals surface area contributed by atoms with Crippen LogP contribution in [0.5, 0.6) is 5.75 Å². The second kappa shape index (κ2) is 4.68. The van der Waals surface area contributed by atoms with Crippen molar-refractivity contribution in [3.8, 4) is 5.75 Å². The molecule has 1 heterocycles. The molecule has 1 aromatic rings. The van der Waals surface area contributed by atoms with E-state index in [2.05, 4.69) is 9.72 Å². The number of hydrogen-bond donors (Lipinski definition) is 0. The zero-order valence-electron chi connectivity index (χ0n) is 7.78. The van der Waals surface area contributed by atoms with Crippen LogP contribution in [0.2, 0.25) is 0 Å². The molecule has 8 heteroatoms. The second-order valence-corrected chi connectivity index (χ2v) is 3.90. The summed E-state index contributed by atoms with van der Waals surface area (Å²) < 4.78 is 64.1. The van der Waals surface area contributed by atoms with Crippen LogP contribution < -0.4 is 4.74 Å². The van der Waals surface area contributed by atoms with Gasteiger partial charge in [-0.15, -0.1) is 13.2 Å². The molecule has 0 saturated carbocycles. The van der Waals surface area contributed by atoms with Gasteiger partial charge in [-0.05, 0) is 29.5 Å². The zero-order chi connectivity index (χ0) is 12.5. The molecule has 0 unspecified atom stereocenters. The fraction of sp³-hybridized carbons (Fsp3) is 0.375. The molecule has 0 amide bonds. The summed E-state index contributed by atoms with van der Waals surface area (Å²) in [5.41, 5.74) is -0.670. The summed E-state index contributed by atoms with van der Waals surface area (Å²) in [6.07, 6.45) is -6.93. The second-order valence-electron chi connectivity index (χ2n) is 2.82. The van der Waals surface area contributed by atoms with E-state index < -0.39 is 24.2 Å². The highest BCUT2D eigenvalue weighted by molar-refractivity contribution is 14.1. The summed E-state index contributed by atoms with van der Waals surface area (Å²) in [4.78, 5) is 3.36. The summed E-state index contributed by atoms with van der Waals surface area (Å²) in [7, 11) is 0. The third-order valence-corrected chi connectivity index (χ3v) is 2.65. The Morgan fingerprint density at radius 1 is 1.38 bits per heavy atom. The van der Waals surface area contributed by atoms with Crippen LogP contribution in [0.15, 0.2) is 6.20 Å². The lowest BCUT2D eigenvalue weighted by molar-refractivity contribution is -0.275. The van der Waals surface area contributed by atoms with E-state index in [1.54, 1.807) is 0 Å². The van der Waals surface area contributed by atoms with Gasteiger partial charge in [0.15, 0.2) is 0 Å². The molecule has 0 aliphatic rings. The fourth-order valence-corrected chi connectivity index (χ4v) is 1.87. The van der Waals surface area contributed by atoms with Gasteiger partial charge in [0, 0.05) is 11.8 Å². The molecule has 0 N–H and O–H groups in total. The van der Waals surface area contributed by atoms with Gasteiger partial charge in [0.05, 0.1) is 3.57 Å². The van der Waals surface area contributed by atoms with Crippen molar-refractivity contribution in [3.05, 3.63) is 21.0 Å². The van der Waals surface area contributed by atoms with E-state index in [0.29, 0.717) is 0 Å². The smallest absolute Gasteiger partial charge is 0.404 e. The summed E-state index contributed by atoms with van der Waals surface area (Å²) >= 11 is 1.35. The number of hydrogen-bond acceptors (Lipinski definition) is 2. The third-order valence-electron chi connectivity index (χ3n) is 1.60. The predicted octanol–water partition coefficient (Wildman–Crippen LogP) is 3.83. The van der Waals surface area contributed by atoms with Crippen molar-refractivity contribution in [2.24, 2.45) is 0 Å². The Kier molecular flexibility index (Phi) is 3.92. The number of ether oxygens (including phenoxy) is 1. The summed E-state index contributed by atoms with van der Waals surface area (Å²) in [6.45, 7) is 1.30. The lowest BCUT2D eigenvalue weighted by Crippen LogP contribution is -2.19. The van der Waals surface area contributed by atoms with Gasteiger partial charge in [0.25, 0.3) is 6.43 Å². The van der Waals surface area contributed by atoms with Gasteiger partial charge in [-0.1, -0.05) is 0 Å². The molecule has 0 radical (unpaired) electrons. The third kappa shape index (κ3) is 3.16. The Morgan fingerprint density at radius 3 is 2.38 bits per heavy atom. The Labute approximate surface area is 101 Å². The lowest BCUT2D eigenvalue weighted by Gasteiger charge is -2.14. The monoisotopic (exact) mass is 353 g/mol. The van der Waals surface area contributed by atoms with Crippen LogP contribution in [0.25, 0.3) is 0 Å². The molecule has 0 bridgehead atoms. The van der Waals surface area contributed by atoms with Crippen molar-refractivity contribution in [2.45, 2.75) is 19.7 Å². The highest BCUT2D eigenvalue weighted by Crippen LogP contribution is 2.35. The standard InChI is InChI=1S/C8H5F5INO/c1-3-2-15-5(7(9)10)4(14)6(3)16-8(11,12)13/h2,7H,1H3. The minimum absolute atomic E-state index is 0.0473. The lowest BCUT2D eigenvalue weighted by atomic mass is 10.2. The highest BCUT2D eigenvalue weighted by atomic mass is 127. The molecule has 1 rings (SSSR count). The Hall–Kier alpha value is -0.670. The Bertz CT molecular complexity index is 393. The summed E-state index contributed by atoms with van der Waals surface area (Å²) in [6, 6.07) is 0. The summed E-state index contributed by atoms with van der Waals surface area (Å²) in [5.74, 6) is -0.626. The maximum atomic E-state index is 12.4. The molecule has 90 valence electrons. The van der Waals surface area contributed by atoms with E-state index in [-0.39, 0.29) is 9.13 Å². The Morgan fingerprint density at radius 2 is 1.94 bits per heavy atom. The van der Waals surface area contributed by atoms with Crippen LogP contribution in [0.3, 0.4) is 0 Å². The van der Waals surface area contributed by atoms with Crippen molar-refractivity contribution in [1.82, 2.24) is 4.98 Å². The van der Waals surface area contributed by atoms with Gasteiger partial charge in [-0.2, -0.15) is 0 Å². The first-order chi connectivity index (χ1) is 7.22. The molecule has 0 aliphatic carbocycles. The van der Waals surface area contributed by atoms with E-state index >= 15 is 0 Å². The average Bonchev–Trinajstić information content (AvgIpc) is 2.10. The largest absolute Gasteiger partial charge is 0.573 e. The van der Waals surface area contributed by atoms with E-state index in [4.69, 9.17) is 0 Å². The molecule has 16 heavy (non-hydrogen) atoms. The van der Waals surface area contributed by atoms with Crippen LogP contribution >= 0.6 is 22.6 Å². The molecule has 2 nitrogen and oxygen atoms in total. The maximum Gasteiger partial charge on any atom is 0.573 e. The van der Waals surface area contributed by atoms with E-state index in [1.807, 2.05) is 0 Å². The number of rotatable bonds is 2. The van der Waals surface area contributed by atoms with Crippen molar-refractivity contribution in [3.63, 3.8) is 0 Å². The van der Waals surface area contributed by atoms with E-state index in [1.165, 1.54) is 29.5 Å². The van der Waals surface area contributed by atoms with Crippen LogP contribution in [0.4, 0.5) is 22.0 Å². The van der Waals surface area contributed by atoms with Crippen LogP contribution in [0, 0.1) is 10.5 Å². The van der Waals surface area contributed by atoms with E-state index in [9.17, 15) is 22.0 Å². The van der Waals surface area contributed by atoms with Crippen molar-refractivity contribution < 1.29 is 26.7 Å². The zero-order valence-corrected chi connectivity index (χ0v) is 9.94. The van der Waals surface area contributed by atoms with E-state index in [0.717, 1.165) is 6.20 Å². The number of aryl methyl sites for hydroxylation is 1. The first-order valence-electron chi connectivity index (χ1n) is 3.91. The fourth-order valence-electron chi connectivity index (χ4n) is 0.964. The molecular formula is C8H5F5INO. The molecule has 0 saturated heterocycles. The van der Waals surface area contributed by atoms with Crippen molar-refractivity contribution in [2.75, 3.05) is 0 Å². The summed E-state index contributed by atoms with van der Waals surface area (Å²) in [5, 5.41) is 0. The van der Waals surface area contributed by atoms with Crippen LogP contribution in [-0.2, 0) is 0 Å². The highest BCUT2D eigenvalue weighted by Gasteiger charge is 2.34. The molecule has 1 aromatic heterocycles. The van der Waals surface area contributed by atoms with Crippen molar-refractivity contribution >= 4 is 22.6 Å². The van der Waals surface area contributed by atoms with Gasteiger partial charge in [-0.25, -0.2) is 8.78 Å². The normalized spacial score (nSPS) is 12.0. The number of halogens is 6. The minimum atomic E-state index is -4.91. The Balaban J connectivity index is 3.21. The SMILES string of the molecule is Cc1cnc(C(F)F)c(I)c1OC(F)(F)F. The topological polar surface area (TPSA) is 22.1 Å². The van der Waals surface area contributed by atoms with Gasteiger partial charge in [0.1, 0.15) is 11.4 Å². The molecule has 0 atom stereocenters. The van der Waals surface area contributed by atoms with Gasteiger partial charge >= 0.3 is 6.36 Å². The molecular weight excluding hydrogens is 348 g/mol. The predicted molar refractivity (Wildman–Crippen MR) is 53.3 cm³/mol. The molecule has 0 aromatic carbocycles. The molecule has 0 fully saturated rings. The number of pyridine rings is 1. The first-order valence-corrected chi connectivity index (χ1v) is 4.99. The van der Waals surface area contributed by atoms with Gasteiger partial charge in [0.2, 0.25) is 0 Å². The average molecular weight is 353 g/mol. The van der Waals surface area contributed by atoms with Crippen LogP contribution in [0.1, 0.15) is 17.7 Å². The number of nitrogens with zero attached hydrogens (tertiary/aromatic N) is 1. The minimum Gasteiger partial charge on any atom is -0.404 e. The number of alkyl halides is 5. The quantitative estimate of drug-likeness (QED) is 0.596.